The summed E-state index contributed by atoms with van der Waals surface area (Å²) in [5.41, 5.74) is 1.25. The van der Waals surface area contributed by atoms with Crippen molar-refractivity contribution in [2.75, 3.05) is 6.54 Å². The zero-order valence-corrected chi connectivity index (χ0v) is 13.6. The van der Waals surface area contributed by atoms with E-state index in [1.54, 1.807) is 12.1 Å². The molecule has 118 valence electrons. The Morgan fingerprint density at radius 1 is 1.05 bits per heavy atom. The summed E-state index contributed by atoms with van der Waals surface area (Å²) in [6.07, 6.45) is 9.26. The van der Waals surface area contributed by atoms with Crippen molar-refractivity contribution in [1.29, 1.82) is 0 Å². The Morgan fingerprint density at radius 2 is 1.71 bits per heavy atom. The summed E-state index contributed by atoms with van der Waals surface area (Å²) in [6.45, 7) is 5.68. The molecule has 0 radical (unpaired) electrons. The highest BCUT2D eigenvalue weighted by Gasteiger charge is 2.31. The standard InChI is InChI=1S/C19H30FN/c1-15(2)7-5-3-4-6-14-21-19(16-8-9-16)17-10-12-18(20)13-11-17/h10-13,15-16,19,21H,3-9,14H2,1-2H3. The van der Waals surface area contributed by atoms with Gasteiger partial charge >= 0.3 is 0 Å². The first kappa shape index (κ1) is 16.5. The number of hydrogen-bond donors (Lipinski definition) is 1. The normalized spacial score (nSPS) is 16.4. The van der Waals surface area contributed by atoms with E-state index in [-0.39, 0.29) is 5.82 Å². The van der Waals surface area contributed by atoms with E-state index >= 15 is 0 Å². The van der Waals surface area contributed by atoms with E-state index < -0.39 is 0 Å². The molecule has 1 aromatic rings. The third-order valence-electron chi connectivity index (χ3n) is 4.40. The largest absolute Gasteiger partial charge is 0.310 e. The number of benzene rings is 1. The minimum Gasteiger partial charge on any atom is -0.310 e. The summed E-state index contributed by atoms with van der Waals surface area (Å²) >= 11 is 0. The fraction of sp³-hybridized carbons (Fsp3) is 0.684. The van der Waals surface area contributed by atoms with Crippen molar-refractivity contribution in [2.24, 2.45) is 11.8 Å². The van der Waals surface area contributed by atoms with Crippen LogP contribution < -0.4 is 5.32 Å². The lowest BCUT2D eigenvalue weighted by Crippen LogP contribution is -2.24. The minimum atomic E-state index is -0.140. The van der Waals surface area contributed by atoms with Gasteiger partial charge in [-0.15, -0.1) is 0 Å². The number of nitrogens with one attached hydrogen (secondary N) is 1. The number of unbranched alkanes of at least 4 members (excludes halogenated alkanes) is 3. The Hall–Kier alpha value is -0.890. The van der Waals surface area contributed by atoms with Gasteiger partial charge in [-0.05, 0) is 55.3 Å². The molecule has 0 bridgehead atoms. The molecule has 21 heavy (non-hydrogen) atoms. The highest BCUT2D eigenvalue weighted by Crippen LogP contribution is 2.40. The molecule has 1 N–H and O–H groups in total. The van der Waals surface area contributed by atoms with Gasteiger partial charge in [0.2, 0.25) is 0 Å². The van der Waals surface area contributed by atoms with Crippen LogP contribution in [0.1, 0.15) is 70.4 Å². The Bertz CT molecular complexity index is 395. The fourth-order valence-electron chi connectivity index (χ4n) is 2.95. The minimum absolute atomic E-state index is 0.140. The molecule has 1 nitrogen and oxygen atoms in total. The van der Waals surface area contributed by atoms with Gasteiger partial charge in [-0.2, -0.15) is 0 Å². The van der Waals surface area contributed by atoms with Gasteiger partial charge in [0, 0.05) is 6.04 Å². The van der Waals surface area contributed by atoms with Crippen molar-refractivity contribution < 1.29 is 4.39 Å². The molecule has 2 heteroatoms. The summed E-state index contributed by atoms with van der Waals surface area (Å²) in [5.74, 6) is 1.45. The van der Waals surface area contributed by atoms with Crippen LogP contribution in [0.2, 0.25) is 0 Å². The van der Waals surface area contributed by atoms with Crippen LogP contribution in [0, 0.1) is 17.7 Å². The van der Waals surface area contributed by atoms with E-state index in [9.17, 15) is 4.39 Å². The molecular weight excluding hydrogens is 261 g/mol. The van der Waals surface area contributed by atoms with Crippen molar-refractivity contribution in [3.63, 3.8) is 0 Å². The third kappa shape index (κ3) is 6.17. The van der Waals surface area contributed by atoms with Crippen LogP contribution in [-0.4, -0.2) is 6.54 Å². The Balaban J connectivity index is 1.66. The quantitative estimate of drug-likeness (QED) is 0.563. The maximum atomic E-state index is 13.0. The predicted molar refractivity (Wildman–Crippen MR) is 87.8 cm³/mol. The maximum Gasteiger partial charge on any atom is 0.123 e. The molecule has 1 aromatic carbocycles. The number of rotatable bonds is 10. The molecule has 0 saturated heterocycles. The van der Waals surface area contributed by atoms with Gasteiger partial charge in [-0.1, -0.05) is 51.7 Å². The number of hydrogen-bond acceptors (Lipinski definition) is 1. The summed E-state index contributed by atoms with van der Waals surface area (Å²) in [7, 11) is 0. The monoisotopic (exact) mass is 291 g/mol. The Morgan fingerprint density at radius 3 is 2.33 bits per heavy atom. The Labute approximate surface area is 129 Å². The zero-order chi connectivity index (χ0) is 15.1. The topological polar surface area (TPSA) is 12.0 Å². The second kappa shape index (κ2) is 8.53. The average molecular weight is 291 g/mol. The molecular formula is C19H30FN. The zero-order valence-electron chi connectivity index (χ0n) is 13.6. The van der Waals surface area contributed by atoms with Crippen LogP contribution in [-0.2, 0) is 0 Å². The lowest BCUT2D eigenvalue weighted by atomic mass is 10.0. The molecule has 0 aliphatic heterocycles. The van der Waals surface area contributed by atoms with Gasteiger partial charge in [-0.3, -0.25) is 0 Å². The first-order valence-electron chi connectivity index (χ1n) is 8.65. The smallest absolute Gasteiger partial charge is 0.123 e. The first-order valence-corrected chi connectivity index (χ1v) is 8.65. The van der Waals surface area contributed by atoms with E-state index in [0.717, 1.165) is 18.4 Å². The third-order valence-corrected chi connectivity index (χ3v) is 4.40. The van der Waals surface area contributed by atoms with Crippen LogP contribution >= 0.6 is 0 Å². The van der Waals surface area contributed by atoms with Gasteiger partial charge in [0.1, 0.15) is 5.82 Å². The molecule has 1 saturated carbocycles. The molecule has 0 aromatic heterocycles. The number of halogens is 1. The van der Waals surface area contributed by atoms with Gasteiger partial charge in [0.25, 0.3) is 0 Å². The lowest BCUT2D eigenvalue weighted by molar-refractivity contribution is 0.457. The van der Waals surface area contributed by atoms with Crippen molar-refractivity contribution in [3.8, 4) is 0 Å². The second-order valence-corrected chi connectivity index (χ2v) is 6.92. The molecule has 1 aliphatic carbocycles. The molecule has 1 fully saturated rings. The lowest BCUT2D eigenvalue weighted by Gasteiger charge is -2.19. The van der Waals surface area contributed by atoms with E-state index in [2.05, 4.69) is 19.2 Å². The molecule has 0 heterocycles. The van der Waals surface area contributed by atoms with Gasteiger partial charge < -0.3 is 5.32 Å². The molecule has 0 amide bonds. The molecule has 0 spiro atoms. The molecule has 1 aliphatic rings. The SMILES string of the molecule is CC(C)CCCCCCNC(c1ccc(F)cc1)C1CC1. The van der Waals surface area contributed by atoms with Crippen molar-refractivity contribution in [2.45, 2.75) is 64.8 Å². The highest BCUT2D eigenvalue weighted by atomic mass is 19.1. The van der Waals surface area contributed by atoms with Gasteiger partial charge in [0.15, 0.2) is 0 Å². The van der Waals surface area contributed by atoms with Gasteiger partial charge in [-0.25, -0.2) is 4.39 Å². The first-order chi connectivity index (χ1) is 10.2. The van der Waals surface area contributed by atoms with Crippen LogP contribution in [0.5, 0.6) is 0 Å². The summed E-state index contributed by atoms with van der Waals surface area (Å²) in [4.78, 5) is 0. The van der Waals surface area contributed by atoms with Crippen LogP contribution in [0.3, 0.4) is 0 Å². The summed E-state index contributed by atoms with van der Waals surface area (Å²) in [5, 5.41) is 3.69. The van der Waals surface area contributed by atoms with E-state index in [0.29, 0.717) is 6.04 Å². The van der Waals surface area contributed by atoms with Crippen LogP contribution in [0.4, 0.5) is 4.39 Å². The molecule has 2 rings (SSSR count). The van der Waals surface area contributed by atoms with Crippen molar-refractivity contribution in [3.05, 3.63) is 35.6 Å². The summed E-state index contributed by atoms with van der Waals surface area (Å²) in [6, 6.07) is 7.47. The van der Waals surface area contributed by atoms with Crippen molar-refractivity contribution >= 4 is 0 Å². The maximum absolute atomic E-state index is 13.0. The predicted octanol–water partition coefficient (Wildman–Crippen LogP) is 5.47. The fourth-order valence-corrected chi connectivity index (χ4v) is 2.95. The second-order valence-electron chi connectivity index (χ2n) is 6.92. The molecule has 1 atom stereocenters. The summed E-state index contributed by atoms with van der Waals surface area (Å²) < 4.78 is 13.0. The van der Waals surface area contributed by atoms with Crippen LogP contribution in [0.15, 0.2) is 24.3 Å². The average Bonchev–Trinajstić information content (AvgIpc) is 3.27. The van der Waals surface area contributed by atoms with Gasteiger partial charge in [0.05, 0.1) is 0 Å². The van der Waals surface area contributed by atoms with Crippen LogP contribution in [0.25, 0.3) is 0 Å². The van der Waals surface area contributed by atoms with Crippen molar-refractivity contribution in [1.82, 2.24) is 5.32 Å². The van der Waals surface area contributed by atoms with E-state index in [1.807, 2.05) is 12.1 Å². The van der Waals surface area contributed by atoms with E-state index in [4.69, 9.17) is 0 Å². The molecule has 1 unspecified atom stereocenters. The Kier molecular flexibility index (Phi) is 6.69. The van der Waals surface area contributed by atoms with E-state index in [1.165, 1.54) is 50.5 Å². The highest BCUT2D eigenvalue weighted by molar-refractivity contribution is 5.21.